The highest BCUT2D eigenvalue weighted by Gasteiger charge is 2.53. The summed E-state index contributed by atoms with van der Waals surface area (Å²) in [7, 11) is 1.68. The van der Waals surface area contributed by atoms with Gasteiger partial charge in [0.2, 0.25) is 10.8 Å². The maximum atomic E-state index is 13.4. The van der Waals surface area contributed by atoms with E-state index in [1.807, 2.05) is 0 Å². The van der Waals surface area contributed by atoms with Crippen molar-refractivity contribution < 1.29 is 13.9 Å². The molecule has 0 aromatic heterocycles. The summed E-state index contributed by atoms with van der Waals surface area (Å²) >= 11 is 5.87. The molecule has 1 aromatic carbocycles. The van der Waals surface area contributed by atoms with E-state index in [1.54, 1.807) is 13.1 Å². The number of anilines is 1. The van der Waals surface area contributed by atoms with Gasteiger partial charge in [0.05, 0.1) is 11.1 Å². The number of carbonyl (C=O) groups excluding carboxylic acids is 1. The Balaban J connectivity index is 2.21. The molecule has 3 atom stereocenters. The van der Waals surface area contributed by atoms with E-state index in [9.17, 15) is 9.18 Å². The topological polar surface area (TPSA) is 41.6 Å². The number of carbonyl (C=O) groups is 1. The summed E-state index contributed by atoms with van der Waals surface area (Å²) in [4.78, 5) is 14.3. The second-order valence-electron chi connectivity index (χ2n) is 8.38. The van der Waals surface area contributed by atoms with E-state index < -0.39 is 11.9 Å². The molecule has 0 bridgehead atoms. The third kappa shape index (κ3) is 4.61. The number of benzene rings is 1. The molecular formula is C20H31ClFN2O2S+. The van der Waals surface area contributed by atoms with Crippen molar-refractivity contribution in [2.75, 3.05) is 31.0 Å². The number of hydrogen-bond acceptors (Lipinski definition) is 3. The van der Waals surface area contributed by atoms with Gasteiger partial charge in [-0.25, -0.2) is 4.39 Å². The van der Waals surface area contributed by atoms with Crippen molar-refractivity contribution in [2.24, 2.45) is 5.41 Å². The normalized spacial score (nSPS) is 22.7. The van der Waals surface area contributed by atoms with Crippen molar-refractivity contribution in [3.63, 3.8) is 0 Å². The number of likely N-dealkylation sites (N-methyl/N-ethyl adjacent to an activating group) is 1. The van der Waals surface area contributed by atoms with Crippen molar-refractivity contribution in [2.45, 2.75) is 51.2 Å². The Labute approximate surface area is 170 Å². The third-order valence-electron chi connectivity index (χ3n) is 5.57. The summed E-state index contributed by atoms with van der Waals surface area (Å²) in [6, 6.07) is 3.85. The summed E-state index contributed by atoms with van der Waals surface area (Å²) in [6.45, 7) is 9.38. The highest BCUT2D eigenvalue weighted by molar-refractivity contribution is 7.96. The maximum absolute atomic E-state index is 13.4. The van der Waals surface area contributed by atoms with Gasteiger partial charge >= 0.3 is 0 Å². The van der Waals surface area contributed by atoms with Crippen LogP contribution in [0.25, 0.3) is 0 Å². The van der Waals surface area contributed by atoms with Gasteiger partial charge in [-0.2, -0.15) is 0 Å². The van der Waals surface area contributed by atoms with Gasteiger partial charge in [0.15, 0.2) is 0 Å². The minimum Gasteiger partial charge on any atom is -0.325 e. The zero-order valence-electron chi connectivity index (χ0n) is 17.2. The van der Waals surface area contributed by atoms with Crippen LogP contribution in [-0.2, 0) is 20.4 Å². The first-order valence-corrected chi connectivity index (χ1v) is 11.5. The number of amides is 1. The summed E-state index contributed by atoms with van der Waals surface area (Å²) in [6.07, 6.45) is 4.92. The molecule has 7 heteroatoms. The molecule has 0 spiro atoms. The van der Waals surface area contributed by atoms with Gasteiger partial charge in [0.1, 0.15) is 24.4 Å². The van der Waals surface area contributed by atoms with E-state index in [2.05, 4.69) is 45.5 Å². The molecule has 0 aliphatic carbocycles. The summed E-state index contributed by atoms with van der Waals surface area (Å²) < 4.78 is 20.0. The van der Waals surface area contributed by atoms with Crippen molar-refractivity contribution in [3.8, 4) is 0 Å². The lowest BCUT2D eigenvalue weighted by molar-refractivity contribution is -0.129. The summed E-state index contributed by atoms with van der Waals surface area (Å²) in [5.74, 6) is -0.608. The van der Waals surface area contributed by atoms with Crippen LogP contribution in [0.15, 0.2) is 18.2 Å². The van der Waals surface area contributed by atoms with E-state index in [-0.39, 0.29) is 38.3 Å². The quantitative estimate of drug-likeness (QED) is 0.740. The van der Waals surface area contributed by atoms with Crippen LogP contribution >= 0.6 is 11.6 Å². The van der Waals surface area contributed by atoms with E-state index >= 15 is 0 Å². The molecule has 4 nitrogen and oxygen atoms in total. The van der Waals surface area contributed by atoms with Crippen LogP contribution in [0.2, 0.25) is 5.02 Å². The standard InChI is InChI=1S/C20H31ClFN2O2S/c1-19(2,3)20(4,27(6)7)26-16-10-11-23-17(16)18(25)24(5)13-8-9-15(22)14(21)12-13/h8-9,12,16-17,23H,10-11H2,1-7H3/q+1/t16-,17+,20+/m1/s1. The molecule has 152 valence electrons. The Morgan fingerprint density at radius 3 is 2.48 bits per heavy atom. The van der Waals surface area contributed by atoms with Crippen molar-refractivity contribution in [1.29, 1.82) is 0 Å². The van der Waals surface area contributed by atoms with Gasteiger partial charge in [-0.05, 0) is 31.2 Å². The predicted molar refractivity (Wildman–Crippen MR) is 113 cm³/mol. The fourth-order valence-electron chi connectivity index (χ4n) is 3.26. The Hall–Kier alpha value is -0.820. The van der Waals surface area contributed by atoms with Crippen molar-refractivity contribution in [3.05, 3.63) is 29.0 Å². The lowest BCUT2D eigenvalue weighted by Gasteiger charge is -2.40. The monoisotopic (exact) mass is 417 g/mol. The molecule has 1 N–H and O–H groups in total. The molecule has 0 unspecified atom stereocenters. The van der Waals surface area contributed by atoms with Gasteiger partial charge in [-0.1, -0.05) is 32.4 Å². The maximum Gasteiger partial charge on any atom is 0.246 e. The third-order valence-corrected chi connectivity index (χ3v) is 8.13. The second kappa shape index (κ2) is 8.27. The molecule has 1 saturated heterocycles. The summed E-state index contributed by atoms with van der Waals surface area (Å²) in [5.41, 5.74) is 0.495. The Morgan fingerprint density at radius 2 is 1.96 bits per heavy atom. The lowest BCUT2D eigenvalue weighted by Crippen LogP contribution is -2.55. The van der Waals surface area contributed by atoms with Gasteiger partial charge in [-0.15, -0.1) is 0 Å². The predicted octanol–water partition coefficient (Wildman–Crippen LogP) is 3.83. The number of ether oxygens (including phenoxy) is 1. The fourth-order valence-corrected chi connectivity index (χ4v) is 4.97. The van der Waals surface area contributed by atoms with Gasteiger partial charge in [0, 0.05) is 36.0 Å². The largest absolute Gasteiger partial charge is 0.325 e. The lowest BCUT2D eigenvalue weighted by atomic mass is 9.89. The molecule has 1 fully saturated rings. The van der Waals surface area contributed by atoms with Crippen molar-refractivity contribution >= 4 is 34.1 Å². The molecule has 1 heterocycles. The number of hydrogen-bond donors (Lipinski definition) is 1. The van der Waals surface area contributed by atoms with Crippen LogP contribution in [-0.4, -0.2) is 49.1 Å². The van der Waals surface area contributed by atoms with Gasteiger partial charge in [-0.3, -0.25) is 4.79 Å². The molecular weight excluding hydrogens is 387 g/mol. The molecule has 1 amide bonds. The zero-order valence-corrected chi connectivity index (χ0v) is 18.8. The van der Waals surface area contributed by atoms with E-state index in [4.69, 9.17) is 16.3 Å². The molecule has 0 radical (unpaired) electrons. The van der Waals surface area contributed by atoms with Gasteiger partial charge in [0.25, 0.3) is 0 Å². The van der Waals surface area contributed by atoms with Crippen LogP contribution in [0.5, 0.6) is 0 Å². The fraction of sp³-hybridized carbons (Fsp3) is 0.650. The molecule has 0 saturated carbocycles. The number of nitrogens with zero attached hydrogens (tertiary/aromatic N) is 1. The Morgan fingerprint density at radius 1 is 1.33 bits per heavy atom. The van der Waals surface area contributed by atoms with Crippen LogP contribution in [0, 0.1) is 11.2 Å². The zero-order chi connectivity index (χ0) is 20.6. The average Bonchev–Trinajstić information content (AvgIpc) is 3.02. The first kappa shape index (κ1) is 22.5. The number of halogens is 2. The van der Waals surface area contributed by atoms with Crippen molar-refractivity contribution in [1.82, 2.24) is 5.32 Å². The number of rotatable bonds is 5. The smallest absolute Gasteiger partial charge is 0.246 e. The Bertz CT molecular complexity index is 695. The average molecular weight is 418 g/mol. The highest BCUT2D eigenvalue weighted by Crippen LogP contribution is 2.40. The van der Waals surface area contributed by atoms with Crippen LogP contribution in [0.4, 0.5) is 10.1 Å². The Kier molecular flexibility index (Phi) is 6.89. The second-order valence-corrected chi connectivity index (χ2v) is 11.2. The summed E-state index contributed by atoms with van der Waals surface area (Å²) in [5, 5.41) is 3.28. The molecule has 2 rings (SSSR count). The molecule has 1 aliphatic rings. The van der Waals surface area contributed by atoms with E-state index in [1.165, 1.54) is 17.0 Å². The first-order chi connectivity index (χ1) is 12.4. The SMILES string of the molecule is CN(C(=O)[C@H]1NCC[C@H]1O[C@@](C)([S+](C)C)C(C)(C)C)c1ccc(F)c(Cl)c1. The van der Waals surface area contributed by atoms with E-state index in [0.717, 1.165) is 13.0 Å². The molecule has 1 aromatic rings. The molecule has 1 aliphatic heterocycles. The first-order valence-electron chi connectivity index (χ1n) is 9.10. The van der Waals surface area contributed by atoms with Crippen LogP contribution < -0.4 is 10.2 Å². The minimum atomic E-state index is -0.500. The van der Waals surface area contributed by atoms with Gasteiger partial charge < -0.3 is 15.0 Å². The number of nitrogens with one attached hydrogen (secondary N) is 1. The van der Waals surface area contributed by atoms with Crippen LogP contribution in [0.1, 0.15) is 34.1 Å². The molecule has 27 heavy (non-hydrogen) atoms. The van der Waals surface area contributed by atoms with E-state index in [0.29, 0.717) is 5.69 Å². The highest BCUT2D eigenvalue weighted by atomic mass is 35.5. The van der Waals surface area contributed by atoms with Crippen LogP contribution in [0.3, 0.4) is 0 Å². The minimum absolute atomic E-state index is 0.000599.